The van der Waals surface area contributed by atoms with Crippen LogP contribution >= 0.6 is 11.6 Å². The van der Waals surface area contributed by atoms with Gasteiger partial charge in [-0.15, -0.1) is 0 Å². The number of carbonyl (C=O) groups excluding carboxylic acids is 1. The second-order valence-corrected chi connectivity index (χ2v) is 8.15. The molecule has 4 saturated carbocycles. The van der Waals surface area contributed by atoms with Crippen LogP contribution in [0.1, 0.15) is 44.1 Å². The van der Waals surface area contributed by atoms with Gasteiger partial charge in [0.2, 0.25) is 0 Å². The number of hydrogen-bond donors (Lipinski definition) is 2. The minimum atomic E-state index is -0.0816. The largest absolute Gasteiger partial charge is 0.332 e. The van der Waals surface area contributed by atoms with Crippen LogP contribution in [0.25, 0.3) is 0 Å². The molecule has 22 heavy (non-hydrogen) atoms. The number of hydrogen-bond acceptors (Lipinski definition) is 1. The average molecular weight is 319 g/mol. The summed E-state index contributed by atoms with van der Waals surface area (Å²) in [5, 5.41) is 6.95. The Labute approximate surface area is 136 Å². The lowest BCUT2D eigenvalue weighted by Crippen LogP contribution is -2.60. The summed E-state index contributed by atoms with van der Waals surface area (Å²) in [6.45, 7) is 1.96. The van der Waals surface area contributed by atoms with Crippen LogP contribution in [-0.4, -0.2) is 11.6 Å². The number of anilines is 1. The van der Waals surface area contributed by atoms with Gasteiger partial charge >= 0.3 is 6.03 Å². The maximum Gasteiger partial charge on any atom is 0.319 e. The van der Waals surface area contributed by atoms with E-state index in [1.54, 1.807) is 0 Å². The van der Waals surface area contributed by atoms with E-state index in [1.165, 1.54) is 38.5 Å². The molecule has 2 N–H and O–H groups in total. The van der Waals surface area contributed by atoms with E-state index in [4.69, 9.17) is 11.6 Å². The first kappa shape index (κ1) is 14.4. The number of benzene rings is 1. The highest BCUT2D eigenvalue weighted by molar-refractivity contribution is 6.31. The van der Waals surface area contributed by atoms with E-state index in [0.717, 1.165) is 29.0 Å². The zero-order chi connectivity index (χ0) is 15.3. The summed E-state index contributed by atoms with van der Waals surface area (Å²) in [4.78, 5) is 12.4. The number of carbonyl (C=O) groups is 1. The van der Waals surface area contributed by atoms with E-state index in [2.05, 4.69) is 10.6 Å². The van der Waals surface area contributed by atoms with Gasteiger partial charge in [-0.05, 0) is 80.9 Å². The first-order valence-corrected chi connectivity index (χ1v) is 8.74. The summed E-state index contributed by atoms with van der Waals surface area (Å²) in [5.41, 5.74) is 1.83. The van der Waals surface area contributed by atoms with Crippen molar-refractivity contribution < 1.29 is 4.79 Å². The summed E-state index contributed by atoms with van der Waals surface area (Å²) in [5.74, 6) is 2.50. The molecular formula is C18H23ClN2O. The van der Waals surface area contributed by atoms with Gasteiger partial charge in [0.15, 0.2) is 0 Å². The number of aryl methyl sites for hydroxylation is 1. The van der Waals surface area contributed by atoms with Gasteiger partial charge in [0, 0.05) is 16.2 Å². The van der Waals surface area contributed by atoms with Gasteiger partial charge in [-0.2, -0.15) is 0 Å². The summed E-state index contributed by atoms with van der Waals surface area (Å²) in [6, 6.07) is 5.57. The first-order chi connectivity index (χ1) is 10.5. The summed E-state index contributed by atoms with van der Waals surface area (Å²) in [6.07, 6.45) is 7.66. The maximum absolute atomic E-state index is 12.4. The lowest BCUT2D eigenvalue weighted by molar-refractivity contribution is -0.0127. The van der Waals surface area contributed by atoms with Crippen molar-refractivity contribution in [2.24, 2.45) is 17.8 Å². The minimum Gasteiger partial charge on any atom is -0.332 e. The van der Waals surface area contributed by atoms with Gasteiger partial charge in [-0.25, -0.2) is 4.79 Å². The van der Waals surface area contributed by atoms with E-state index < -0.39 is 0 Å². The Balaban J connectivity index is 1.44. The van der Waals surface area contributed by atoms with Gasteiger partial charge < -0.3 is 10.6 Å². The monoisotopic (exact) mass is 318 g/mol. The fraction of sp³-hybridized carbons (Fsp3) is 0.611. The van der Waals surface area contributed by atoms with Gasteiger partial charge in [-0.1, -0.05) is 17.7 Å². The van der Waals surface area contributed by atoms with E-state index in [1.807, 2.05) is 25.1 Å². The Morgan fingerprint density at radius 3 is 2.27 bits per heavy atom. The van der Waals surface area contributed by atoms with Crippen molar-refractivity contribution in [3.8, 4) is 0 Å². The van der Waals surface area contributed by atoms with Crippen molar-refractivity contribution in [1.29, 1.82) is 0 Å². The van der Waals surface area contributed by atoms with E-state index in [-0.39, 0.29) is 11.6 Å². The third-order valence-electron chi connectivity index (χ3n) is 5.85. The smallest absolute Gasteiger partial charge is 0.319 e. The summed E-state index contributed by atoms with van der Waals surface area (Å²) in [7, 11) is 0. The molecule has 4 bridgehead atoms. The molecule has 1 aromatic rings. The van der Waals surface area contributed by atoms with Crippen LogP contribution in [0.2, 0.25) is 5.02 Å². The topological polar surface area (TPSA) is 41.1 Å². The third kappa shape index (κ3) is 2.60. The van der Waals surface area contributed by atoms with Crippen molar-refractivity contribution >= 4 is 23.3 Å². The standard InChI is InChI=1S/C18H23ClN2O/c1-11-2-3-15(7-16(11)19)20-17(22)21-18-8-12-4-13(9-18)6-14(5-12)10-18/h2-3,7,12-14H,4-6,8-10H2,1H3,(H2,20,21,22). The quantitative estimate of drug-likeness (QED) is 0.812. The molecule has 0 aromatic heterocycles. The molecule has 4 aliphatic rings. The van der Waals surface area contributed by atoms with Crippen molar-refractivity contribution in [3.63, 3.8) is 0 Å². The number of halogens is 1. The molecule has 0 aliphatic heterocycles. The number of urea groups is 1. The average Bonchev–Trinajstić information content (AvgIpc) is 2.40. The number of rotatable bonds is 2. The van der Waals surface area contributed by atoms with Crippen LogP contribution in [-0.2, 0) is 0 Å². The molecule has 0 heterocycles. The van der Waals surface area contributed by atoms with Crippen molar-refractivity contribution in [1.82, 2.24) is 5.32 Å². The first-order valence-electron chi connectivity index (χ1n) is 8.37. The Hall–Kier alpha value is -1.22. The zero-order valence-electron chi connectivity index (χ0n) is 13.0. The molecule has 3 nitrogen and oxygen atoms in total. The molecular weight excluding hydrogens is 296 g/mol. The van der Waals surface area contributed by atoms with Crippen LogP contribution < -0.4 is 10.6 Å². The van der Waals surface area contributed by atoms with Gasteiger partial charge in [0.05, 0.1) is 0 Å². The van der Waals surface area contributed by atoms with Crippen molar-refractivity contribution in [2.75, 3.05) is 5.32 Å². The van der Waals surface area contributed by atoms with Gasteiger partial charge in [0.1, 0.15) is 0 Å². The molecule has 0 saturated heterocycles. The SMILES string of the molecule is Cc1ccc(NC(=O)NC23CC4CC(CC(C4)C2)C3)cc1Cl. The summed E-state index contributed by atoms with van der Waals surface area (Å²) < 4.78 is 0. The molecule has 118 valence electrons. The Bertz CT molecular complexity index is 578. The van der Waals surface area contributed by atoms with E-state index >= 15 is 0 Å². The number of amides is 2. The fourth-order valence-electron chi connectivity index (χ4n) is 5.34. The second-order valence-electron chi connectivity index (χ2n) is 7.74. The normalized spacial score (nSPS) is 35.5. The molecule has 2 amide bonds. The number of nitrogens with one attached hydrogen (secondary N) is 2. The third-order valence-corrected chi connectivity index (χ3v) is 6.25. The maximum atomic E-state index is 12.4. The fourth-order valence-corrected chi connectivity index (χ4v) is 5.52. The summed E-state index contributed by atoms with van der Waals surface area (Å²) >= 11 is 6.13. The van der Waals surface area contributed by atoms with Crippen LogP contribution in [0.4, 0.5) is 10.5 Å². The predicted molar refractivity (Wildman–Crippen MR) is 89.2 cm³/mol. The highest BCUT2D eigenvalue weighted by Crippen LogP contribution is 2.55. The molecule has 0 spiro atoms. The Morgan fingerprint density at radius 2 is 1.73 bits per heavy atom. The van der Waals surface area contributed by atoms with Gasteiger partial charge in [-0.3, -0.25) is 0 Å². The van der Waals surface area contributed by atoms with Gasteiger partial charge in [0.25, 0.3) is 0 Å². The lowest BCUT2D eigenvalue weighted by Gasteiger charge is -2.56. The molecule has 0 radical (unpaired) electrons. The van der Waals surface area contributed by atoms with Crippen LogP contribution in [0, 0.1) is 24.7 Å². The molecule has 4 heteroatoms. The Morgan fingerprint density at radius 1 is 1.14 bits per heavy atom. The van der Waals surface area contributed by atoms with Crippen LogP contribution in [0.3, 0.4) is 0 Å². The van der Waals surface area contributed by atoms with E-state index in [0.29, 0.717) is 5.02 Å². The lowest BCUT2D eigenvalue weighted by atomic mass is 9.53. The molecule has 4 fully saturated rings. The van der Waals surface area contributed by atoms with Crippen molar-refractivity contribution in [3.05, 3.63) is 28.8 Å². The predicted octanol–water partition coefficient (Wildman–Crippen LogP) is 4.74. The molecule has 1 aromatic carbocycles. The molecule has 5 rings (SSSR count). The Kier molecular flexibility index (Phi) is 3.37. The highest BCUT2D eigenvalue weighted by atomic mass is 35.5. The zero-order valence-corrected chi connectivity index (χ0v) is 13.7. The van der Waals surface area contributed by atoms with E-state index in [9.17, 15) is 4.79 Å². The molecule has 0 atom stereocenters. The molecule has 0 unspecified atom stereocenters. The van der Waals surface area contributed by atoms with Crippen molar-refractivity contribution in [2.45, 2.75) is 51.0 Å². The molecule has 4 aliphatic carbocycles. The van der Waals surface area contributed by atoms with Crippen LogP contribution in [0.5, 0.6) is 0 Å². The minimum absolute atomic E-state index is 0.0489. The second kappa shape index (κ2) is 5.16. The van der Waals surface area contributed by atoms with Crippen LogP contribution in [0.15, 0.2) is 18.2 Å². The highest BCUT2D eigenvalue weighted by Gasteiger charge is 2.51.